The second kappa shape index (κ2) is 8.88. The summed E-state index contributed by atoms with van der Waals surface area (Å²) in [6.45, 7) is 3.74. The molecular weight excluding hydrogens is 359 g/mol. The maximum atomic E-state index is 12.2. The molecule has 0 atom stereocenters. The van der Waals surface area contributed by atoms with Crippen molar-refractivity contribution in [3.8, 4) is 0 Å². The molecule has 0 aliphatic heterocycles. The van der Waals surface area contributed by atoms with Gasteiger partial charge in [0.25, 0.3) is 0 Å². The highest BCUT2D eigenvalue weighted by Gasteiger charge is 2.16. The van der Waals surface area contributed by atoms with Crippen molar-refractivity contribution in [2.75, 3.05) is 16.8 Å². The molecule has 0 saturated heterocycles. The Morgan fingerprint density at radius 2 is 1.76 bits per heavy atom. The number of carbonyl (C=O) groups is 2. The Morgan fingerprint density at radius 1 is 1.08 bits per heavy atom. The van der Waals surface area contributed by atoms with Crippen LogP contribution in [0.25, 0.3) is 0 Å². The average molecular weight is 379 g/mol. The lowest BCUT2D eigenvalue weighted by atomic mass is 10.1. The Labute approximate surface area is 157 Å². The molecule has 6 heteroatoms. The number of halogens is 2. The van der Waals surface area contributed by atoms with Crippen molar-refractivity contribution in [1.29, 1.82) is 0 Å². The SMILES string of the molecule is CCc1ccc(NC(=O)CCN(C(C)=O)c2ccc(Cl)cc2Cl)cc1. The van der Waals surface area contributed by atoms with E-state index in [1.54, 1.807) is 18.2 Å². The quantitative estimate of drug-likeness (QED) is 0.773. The monoisotopic (exact) mass is 378 g/mol. The molecule has 2 aromatic carbocycles. The molecule has 0 heterocycles. The van der Waals surface area contributed by atoms with Gasteiger partial charge in [-0.05, 0) is 42.3 Å². The molecule has 0 unspecified atom stereocenters. The second-order valence-electron chi connectivity index (χ2n) is 5.62. The van der Waals surface area contributed by atoms with Crippen molar-refractivity contribution in [1.82, 2.24) is 0 Å². The summed E-state index contributed by atoms with van der Waals surface area (Å²) in [6.07, 6.45) is 1.11. The van der Waals surface area contributed by atoms with E-state index in [2.05, 4.69) is 12.2 Å². The molecule has 1 N–H and O–H groups in total. The molecule has 4 nitrogen and oxygen atoms in total. The first-order valence-corrected chi connectivity index (χ1v) is 8.78. The van der Waals surface area contributed by atoms with E-state index in [9.17, 15) is 9.59 Å². The van der Waals surface area contributed by atoms with Gasteiger partial charge in [0, 0.05) is 30.6 Å². The Hall–Kier alpha value is -2.04. The van der Waals surface area contributed by atoms with Crippen LogP contribution in [0.1, 0.15) is 25.8 Å². The number of aryl methyl sites for hydroxylation is 1. The smallest absolute Gasteiger partial charge is 0.226 e. The van der Waals surface area contributed by atoms with Gasteiger partial charge in [0.2, 0.25) is 11.8 Å². The molecule has 0 radical (unpaired) electrons. The zero-order valence-corrected chi connectivity index (χ0v) is 15.7. The van der Waals surface area contributed by atoms with Gasteiger partial charge < -0.3 is 10.2 Å². The first-order valence-electron chi connectivity index (χ1n) is 8.02. The van der Waals surface area contributed by atoms with Crippen LogP contribution in [0, 0.1) is 0 Å². The molecule has 2 aromatic rings. The van der Waals surface area contributed by atoms with E-state index in [-0.39, 0.29) is 24.8 Å². The van der Waals surface area contributed by atoms with E-state index in [4.69, 9.17) is 23.2 Å². The maximum Gasteiger partial charge on any atom is 0.226 e. The molecule has 0 aliphatic rings. The molecule has 0 spiro atoms. The number of carbonyl (C=O) groups excluding carboxylic acids is 2. The normalized spacial score (nSPS) is 10.4. The topological polar surface area (TPSA) is 49.4 Å². The minimum Gasteiger partial charge on any atom is -0.326 e. The second-order valence-corrected chi connectivity index (χ2v) is 6.46. The van der Waals surface area contributed by atoms with Crippen LogP contribution in [0.3, 0.4) is 0 Å². The van der Waals surface area contributed by atoms with Gasteiger partial charge in [0.05, 0.1) is 10.7 Å². The van der Waals surface area contributed by atoms with Crippen LogP contribution in [0.5, 0.6) is 0 Å². The van der Waals surface area contributed by atoms with Crippen LogP contribution < -0.4 is 10.2 Å². The zero-order chi connectivity index (χ0) is 18.4. The van der Waals surface area contributed by atoms with Crippen molar-refractivity contribution in [2.24, 2.45) is 0 Å². The van der Waals surface area contributed by atoms with E-state index >= 15 is 0 Å². The highest BCUT2D eigenvalue weighted by atomic mass is 35.5. The summed E-state index contributed by atoms with van der Waals surface area (Å²) in [7, 11) is 0. The summed E-state index contributed by atoms with van der Waals surface area (Å²) in [5, 5.41) is 3.70. The lowest BCUT2D eigenvalue weighted by Crippen LogP contribution is -2.32. The van der Waals surface area contributed by atoms with Crippen LogP contribution in [-0.4, -0.2) is 18.4 Å². The lowest BCUT2D eigenvalue weighted by molar-refractivity contribution is -0.117. The third-order valence-electron chi connectivity index (χ3n) is 3.79. The number of rotatable bonds is 6. The first-order chi connectivity index (χ1) is 11.9. The maximum absolute atomic E-state index is 12.2. The predicted molar refractivity (Wildman–Crippen MR) is 104 cm³/mol. The van der Waals surface area contributed by atoms with Gasteiger partial charge in [-0.1, -0.05) is 42.3 Å². The van der Waals surface area contributed by atoms with E-state index < -0.39 is 0 Å². The number of hydrogen-bond acceptors (Lipinski definition) is 2. The number of nitrogens with zero attached hydrogens (tertiary/aromatic N) is 1. The molecule has 0 fully saturated rings. The Morgan fingerprint density at radius 3 is 2.32 bits per heavy atom. The number of amides is 2. The van der Waals surface area contributed by atoms with Gasteiger partial charge in [-0.15, -0.1) is 0 Å². The summed E-state index contributed by atoms with van der Waals surface area (Å²) < 4.78 is 0. The van der Waals surface area contributed by atoms with Gasteiger partial charge in [-0.3, -0.25) is 9.59 Å². The fraction of sp³-hybridized carbons (Fsp3) is 0.263. The van der Waals surface area contributed by atoms with Gasteiger partial charge >= 0.3 is 0 Å². The molecular formula is C19H20Cl2N2O2. The number of hydrogen-bond donors (Lipinski definition) is 1. The lowest BCUT2D eigenvalue weighted by Gasteiger charge is -2.22. The standard InChI is InChI=1S/C19H20Cl2N2O2/c1-3-14-4-7-16(8-5-14)22-19(25)10-11-23(13(2)24)18-9-6-15(20)12-17(18)21/h4-9,12H,3,10-11H2,1-2H3,(H,22,25). The summed E-state index contributed by atoms with van der Waals surface area (Å²) in [5.74, 6) is -0.357. The van der Waals surface area contributed by atoms with Crippen LogP contribution >= 0.6 is 23.2 Å². The van der Waals surface area contributed by atoms with Gasteiger partial charge in [0.1, 0.15) is 0 Å². The summed E-state index contributed by atoms with van der Waals surface area (Å²) in [5.41, 5.74) is 2.48. The van der Waals surface area contributed by atoms with E-state index in [1.165, 1.54) is 17.4 Å². The predicted octanol–water partition coefficient (Wildman–Crippen LogP) is 4.94. The van der Waals surface area contributed by atoms with E-state index in [1.807, 2.05) is 24.3 Å². The molecule has 132 valence electrons. The molecule has 25 heavy (non-hydrogen) atoms. The van der Waals surface area contributed by atoms with Gasteiger partial charge in [-0.25, -0.2) is 0 Å². The van der Waals surface area contributed by atoms with Crippen molar-refractivity contribution in [3.63, 3.8) is 0 Å². The van der Waals surface area contributed by atoms with Gasteiger partial charge in [-0.2, -0.15) is 0 Å². The molecule has 0 saturated carbocycles. The number of nitrogens with one attached hydrogen (secondary N) is 1. The molecule has 2 rings (SSSR count). The molecule has 2 amide bonds. The van der Waals surface area contributed by atoms with Crippen LogP contribution in [0.2, 0.25) is 10.0 Å². The third kappa shape index (κ3) is 5.48. The first kappa shape index (κ1) is 19.3. The van der Waals surface area contributed by atoms with Crippen molar-refractivity contribution in [3.05, 3.63) is 58.1 Å². The number of anilines is 2. The van der Waals surface area contributed by atoms with Crippen LogP contribution in [0.15, 0.2) is 42.5 Å². The van der Waals surface area contributed by atoms with Crippen molar-refractivity contribution in [2.45, 2.75) is 26.7 Å². The highest BCUT2D eigenvalue weighted by Crippen LogP contribution is 2.29. The highest BCUT2D eigenvalue weighted by molar-refractivity contribution is 6.36. The van der Waals surface area contributed by atoms with Crippen LogP contribution in [0.4, 0.5) is 11.4 Å². The Balaban J connectivity index is 2.00. The summed E-state index contributed by atoms with van der Waals surface area (Å²) in [6, 6.07) is 12.6. The molecule has 0 bridgehead atoms. The summed E-state index contributed by atoms with van der Waals surface area (Å²) in [4.78, 5) is 25.6. The van der Waals surface area contributed by atoms with Crippen LogP contribution in [-0.2, 0) is 16.0 Å². The summed E-state index contributed by atoms with van der Waals surface area (Å²) >= 11 is 12.1. The number of benzene rings is 2. The molecule has 0 aromatic heterocycles. The van der Waals surface area contributed by atoms with Gasteiger partial charge in [0.15, 0.2) is 0 Å². The zero-order valence-electron chi connectivity index (χ0n) is 14.2. The van der Waals surface area contributed by atoms with E-state index in [0.717, 1.165) is 12.1 Å². The fourth-order valence-corrected chi connectivity index (χ4v) is 2.92. The Bertz CT molecular complexity index is 761. The fourth-order valence-electron chi connectivity index (χ4n) is 2.41. The Kier molecular flexibility index (Phi) is 6.85. The third-order valence-corrected chi connectivity index (χ3v) is 4.33. The van der Waals surface area contributed by atoms with Crippen molar-refractivity contribution >= 4 is 46.4 Å². The average Bonchev–Trinajstić information content (AvgIpc) is 2.57. The minimum absolute atomic E-state index is 0.161. The largest absolute Gasteiger partial charge is 0.326 e. The van der Waals surface area contributed by atoms with Crippen molar-refractivity contribution < 1.29 is 9.59 Å². The minimum atomic E-state index is -0.190. The molecule has 0 aliphatic carbocycles. The van der Waals surface area contributed by atoms with E-state index in [0.29, 0.717) is 15.7 Å².